The van der Waals surface area contributed by atoms with Gasteiger partial charge in [-0.2, -0.15) is 0 Å². The van der Waals surface area contributed by atoms with Crippen LogP contribution in [0.25, 0.3) is 22.3 Å². The van der Waals surface area contributed by atoms with Crippen molar-refractivity contribution in [1.29, 1.82) is 0 Å². The fourth-order valence-electron chi connectivity index (χ4n) is 3.97. The summed E-state index contributed by atoms with van der Waals surface area (Å²) >= 11 is 0. The number of hydrogen-bond acceptors (Lipinski definition) is 2. The third kappa shape index (κ3) is 5.68. The summed E-state index contributed by atoms with van der Waals surface area (Å²) in [7, 11) is 0. The first-order valence-corrected chi connectivity index (χ1v) is 8.55. The van der Waals surface area contributed by atoms with Gasteiger partial charge in [0, 0.05) is 24.4 Å². The molecule has 28 heavy (non-hydrogen) atoms. The van der Waals surface area contributed by atoms with Gasteiger partial charge in [-0.1, -0.05) is 53.6 Å². The molecule has 0 aliphatic heterocycles. The van der Waals surface area contributed by atoms with Crippen molar-refractivity contribution < 1.29 is 16.4 Å². The van der Waals surface area contributed by atoms with E-state index >= 15 is 0 Å². The van der Waals surface area contributed by atoms with Gasteiger partial charge in [-0.25, -0.2) is 0 Å². The number of hydrogen-bond donors (Lipinski definition) is 0. The van der Waals surface area contributed by atoms with Crippen LogP contribution in [0, 0.1) is 47.6 Å². The van der Waals surface area contributed by atoms with E-state index in [1.54, 1.807) is 0 Å². The van der Waals surface area contributed by atoms with Crippen molar-refractivity contribution in [3.63, 3.8) is 0 Å². The van der Waals surface area contributed by atoms with Crippen LogP contribution < -0.4 is 0 Å². The largest absolute Gasteiger partial charge is 0.870 e. The minimum atomic E-state index is 0. The number of aryl methyl sites for hydroxylation is 6. The molecule has 0 fully saturated rings. The summed E-state index contributed by atoms with van der Waals surface area (Å²) in [5.41, 5.74) is 12.9. The van der Waals surface area contributed by atoms with Crippen molar-refractivity contribution in [3.05, 3.63) is 81.9 Å². The molecule has 3 aromatic rings. The van der Waals surface area contributed by atoms with Gasteiger partial charge in [0.1, 0.15) is 0 Å². The number of benzene rings is 3. The predicted molar refractivity (Wildman–Crippen MR) is 118 cm³/mol. The normalized spacial score (nSPS) is 9.36. The SMILES string of the molecule is Cc1cc(C)c(-c2[c]c(-c3c(C)cc(C)cc3C)ccc2)c(C)c1.O.[OH-].[OH-].[Sb]. The van der Waals surface area contributed by atoms with E-state index in [2.05, 4.69) is 90.1 Å². The topological polar surface area (TPSA) is 91.5 Å². The Kier molecular flexibility index (Phi) is 11.6. The van der Waals surface area contributed by atoms with Crippen LogP contribution in [0.2, 0.25) is 0 Å². The van der Waals surface area contributed by atoms with Crippen molar-refractivity contribution in [1.82, 2.24) is 0 Å². The zero-order valence-electron chi connectivity index (χ0n) is 17.4. The monoisotopic (exact) mass is 486 g/mol. The van der Waals surface area contributed by atoms with Crippen molar-refractivity contribution in [2.45, 2.75) is 41.5 Å². The van der Waals surface area contributed by atoms with Gasteiger partial charge in [-0.15, -0.1) is 0 Å². The van der Waals surface area contributed by atoms with Gasteiger partial charge in [-0.05, 0) is 92.1 Å². The molecule has 150 valence electrons. The van der Waals surface area contributed by atoms with Crippen molar-refractivity contribution in [2.75, 3.05) is 0 Å². The zero-order chi connectivity index (χ0) is 17.4. The molecule has 4 N–H and O–H groups in total. The third-order valence-electron chi connectivity index (χ3n) is 4.69. The van der Waals surface area contributed by atoms with Crippen LogP contribution in [-0.4, -0.2) is 40.9 Å². The van der Waals surface area contributed by atoms with E-state index in [1.807, 2.05) is 0 Å². The van der Waals surface area contributed by atoms with Crippen LogP contribution in [0.3, 0.4) is 0 Å². The Bertz CT molecular complexity index is 814. The van der Waals surface area contributed by atoms with Gasteiger partial charge in [0.2, 0.25) is 0 Å². The van der Waals surface area contributed by atoms with Gasteiger partial charge in [-0.3, -0.25) is 0 Å². The first-order valence-electron chi connectivity index (χ1n) is 8.55. The van der Waals surface area contributed by atoms with Gasteiger partial charge >= 0.3 is 0 Å². The second kappa shape index (κ2) is 11.4. The molecule has 0 saturated heterocycles. The molecular formula is C24H29O3Sb-2. The molecule has 3 aromatic carbocycles. The third-order valence-corrected chi connectivity index (χ3v) is 4.69. The maximum absolute atomic E-state index is 3.68. The molecule has 0 bridgehead atoms. The quantitative estimate of drug-likeness (QED) is 0.470. The van der Waals surface area contributed by atoms with Crippen LogP contribution in [0.5, 0.6) is 0 Å². The Balaban J connectivity index is 0. The second-order valence-electron chi connectivity index (χ2n) is 7.03. The summed E-state index contributed by atoms with van der Waals surface area (Å²) in [4.78, 5) is 0. The summed E-state index contributed by atoms with van der Waals surface area (Å²) in [5.74, 6) is 0. The molecule has 0 aliphatic carbocycles. The molecule has 0 unspecified atom stereocenters. The van der Waals surface area contributed by atoms with Crippen molar-refractivity contribution >= 4 is 24.4 Å². The van der Waals surface area contributed by atoms with Crippen molar-refractivity contribution in [3.8, 4) is 22.3 Å². The predicted octanol–water partition coefficient (Wildman–Crippen LogP) is 5.11. The van der Waals surface area contributed by atoms with E-state index in [0.717, 1.165) is 0 Å². The minimum Gasteiger partial charge on any atom is -0.870 e. The minimum absolute atomic E-state index is 0. The number of rotatable bonds is 2. The van der Waals surface area contributed by atoms with E-state index < -0.39 is 0 Å². The molecular weight excluding hydrogens is 458 g/mol. The van der Waals surface area contributed by atoms with Crippen molar-refractivity contribution in [2.24, 2.45) is 0 Å². The fourth-order valence-corrected chi connectivity index (χ4v) is 3.97. The summed E-state index contributed by atoms with van der Waals surface area (Å²) < 4.78 is 0. The average Bonchev–Trinajstić information content (AvgIpc) is 2.45. The maximum Gasteiger partial charge on any atom is 0 e. The molecule has 0 atom stereocenters. The molecule has 0 saturated carbocycles. The standard InChI is InChI=1S/C24H25.3H2O.Sb/c1-15-10-17(3)23(18(4)11-15)21-8-7-9-22(14-21)24-19(5)12-16(2)13-20(24)6;;;;/h7-13H,1-6H3;3*1H2;/p-2. The molecule has 0 heterocycles. The molecule has 3 nitrogen and oxygen atoms in total. The van der Waals surface area contributed by atoms with E-state index in [-0.39, 0.29) is 40.9 Å². The van der Waals surface area contributed by atoms with Gasteiger partial charge in [0.15, 0.2) is 0 Å². The maximum atomic E-state index is 3.68. The van der Waals surface area contributed by atoms with Crippen LogP contribution in [0.1, 0.15) is 33.4 Å². The fraction of sp³-hybridized carbons (Fsp3) is 0.250. The van der Waals surface area contributed by atoms with E-state index in [1.165, 1.54) is 55.6 Å². The molecule has 4 radical (unpaired) electrons. The molecule has 0 amide bonds. The molecule has 4 heteroatoms. The molecule has 0 aliphatic rings. The van der Waals surface area contributed by atoms with Gasteiger partial charge < -0.3 is 16.4 Å². The smallest absolute Gasteiger partial charge is 0 e. The Morgan fingerprint density at radius 3 is 1.14 bits per heavy atom. The molecule has 0 spiro atoms. The summed E-state index contributed by atoms with van der Waals surface area (Å²) in [6.45, 7) is 13.1. The summed E-state index contributed by atoms with van der Waals surface area (Å²) in [6.07, 6.45) is 0. The summed E-state index contributed by atoms with van der Waals surface area (Å²) in [6, 6.07) is 19.2. The first kappa shape index (κ1) is 28.6. The average molecular weight is 487 g/mol. The van der Waals surface area contributed by atoms with Gasteiger partial charge in [0.05, 0.1) is 0 Å². The molecule has 0 aromatic heterocycles. The van der Waals surface area contributed by atoms with Crippen LogP contribution in [0.15, 0.2) is 42.5 Å². The second-order valence-corrected chi connectivity index (χ2v) is 7.03. The van der Waals surface area contributed by atoms with E-state index in [9.17, 15) is 0 Å². The zero-order valence-corrected chi connectivity index (χ0v) is 19.9. The van der Waals surface area contributed by atoms with Crippen LogP contribution in [-0.2, 0) is 0 Å². The Morgan fingerprint density at radius 1 is 0.571 bits per heavy atom. The first-order chi connectivity index (χ1) is 11.4. The summed E-state index contributed by atoms with van der Waals surface area (Å²) in [5, 5.41) is 0. The van der Waals surface area contributed by atoms with E-state index in [4.69, 9.17) is 0 Å². The Hall–Kier alpha value is -1.64. The van der Waals surface area contributed by atoms with Crippen LogP contribution in [0.4, 0.5) is 0 Å². The van der Waals surface area contributed by atoms with Crippen LogP contribution >= 0.6 is 0 Å². The van der Waals surface area contributed by atoms with E-state index in [0.29, 0.717) is 0 Å². The Labute approximate surface area is 186 Å². The Morgan fingerprint density at radius 2 is 0.857 bits per heavy atom. The molecule has 3 rings (SSSR count). The van der Waals surface area contributed by atoms with Gasteiger partial charge in [0.25, 0.3) is 0 Å².